The molecule has 1 aliphatic heterocycles. The van der Waals surface area contributed by atoms with E-state index in [0.717, 1.165) is 11.4 Å². The molecule has 0 aliphatic carbocycles. The molecule has 0 spiro atoms. The van der Waals surface area contributed by atoms with Crippen molar-refractivity contribution in [2.45, 2.75) is 17.4 Å². The molecule has 0 radical (unpaired) electrons. The van der Waals surface area contributed by atoms with Gasteiger partial charge >= 0.3 is 0 Å². The molecule has 1 aliphatic rings. The first kappa shape index (κ1) is 21.2. The molecule has 3 rings (SSSR count). The molecule has 0 unspecified atom stereocenters. The Morgan fingerprint density at radius 3 is 2.52 bits per heavy atom. The lowest BCUT2D eigenvalue weighted by Crippen LogP contribution is -2.31. The number of amides is 1. The van der Waals surface area contributed by atoms with Gasteiger partial charge in [0.1, 0.15) is 11.9 Å². The van der Waals surface area contributed by atoms with Crippen LogP contribution in [-0.2, 0) is 14.8 Å². The first-order valence-corrected chi connectivity index (χ1v) is 12.0. The fraction of sp³-hybridized carbons (Fsp3) is 0.300. The molecule has 1 amide bonds. The highest BCUT2D eigenvalue weighted by atomic mass is 32.2. The summed E-state index contributed by atoms with van der Waals surface area (Å²) in [7, 11) is 0.253. The van der Waals surface area contributed by atoms with Crippen LogP contribution in [0.15, 0.2) is 58.4 Å². The highest BCUT2D eigenvalue weighted by Gasteiger charge is 2.31. The van der Waals surface area contributed by atoms with Gasteiger partial charge in [-0.25, -0.2) is 8.42 Å². The Kier molecular flexibility index (Phi) is 6.49. The second kappa shape index (κ2) is 8.87. The number of rotatable bonds is 7. The van der Waals surface area contributed by atoms with Crippen molar-refractivity contribution < 1.29 is 13.2 Å². The van der Waals surface area contributed by atoms with E-state index < -0.39 is 16.1 Å². The molecule has 2 N–H and O–H groups in total. The lowest BCUT2D eigenvalue weighted by atomic mass is 10.1. The zero-order valence-electron chi connectivity index (χ0n) is 16.5. The molecule has 0 aromatic heterocycles. The number of hydrogen-bond donors (Lipinski definition) is 2. The van der Waals surface area contributed by atoms with E-state index in [9.17, 15) is 13.2 Å². The molecule has 0 saturated heterocycles. The SMILES string of the molecule is CSCC[C@@H](N=C1NS(=O)(=O)c2ccccc21)C(=O)Nc1ccc(N(C)C)cc1. The lowest BCUT2D eigenvalue weighted by molar-refractivity contribution is -0.117. The molecule has 2 aromatic carbocycles. The largest absolute Gasteiger partial charge is 0.378 e. The predicted octanol–water partition coefficient (Wildman–Crippen LogP) is 2.55. The molecule has 0 bridgehead atoms. The van der Waals surface area contributed by atoms with E-state index in [1.165, 1.54) is 6.07 Å². The fourth-order valence-electron chi connectivity index (χ4n) is 2.94. The second-order valence-electron chi connectivity index (χ2n) is 6.81. The van der Waals surface area contributed by atoms with Gasteiger partial charge in [0, 0.05) is 31.0 Å². The van der Waals surface area contributed by atoms with Crippen LogP contribution in [-0.4, -0.2) is 52.3 Å². The minimum Gasteiger partial charge on any atom is -0.378 e. The van der Waals surface area contributed by atoms with Crippen LogP contribution in [0, 0.1) is 0 Å². The summed E-state index contributed by atoms with van der Waals surface area (Å²) in [5.41, 5.74) is 2.19. The lowest BCUT2D eigenvalue weighted by Gasteiger charge is -2.15. The number of aliphatic imine (C=N–C) groups is 1. The van der Waals surface area contributed by atoms with E-state index >= 15 is 0 Å². The molecule has 1 atom stereocenters. The zero-order valence-corrected chi connectivity index (χ0v) is 18.2. The van der Waals surface area contributed by atoms with Gasteiger partial charge in [0.05, 0.1) is 4.90 Å². The van der Waals surface area contributed by atoms with Crippen molar-refractivity contribution in [2.24, 2.45) is 4.99 Å². The minimum atomic E-state index is -3.64. The average molecular weight is 433 g/mol. The van der Waals surface area contributed by atoms with Gasteiger partial charge in [0.15, 0.2) is 0 Å². The number of hydrogen-bond acceptors (Lipinski definition) is 6. The van der Waals surface area contributed by atoms with Crippen LogP contribution >= 0.6 is 11.8 Å². The maximum atomic E-state index is 12.9. The molecule has 0 fully saturated rings. The fourth-order valence-corrected chi connectivity index (χ4v) is 4.64. The third-order valence-corrected chi connectivity index (χ3v) is 6.54. The highest BCUT2D eigenvalue weighted by molar-refractivity contribution is 7.98. The number of carbonyl (C=O) groups is 1. The monoisotopic (exact) mass is 432 g/mol. The van der Waals surface area contributed by atoms with E-state index in [2.05, 4.69) is 15.0 Å². The van der Waals surface area contributed by atoms with Crippen LogP contribution in [0.1, 0.15) is 12.0 Å². The summed E-state index contributed by atoms with van der Waals surface area (Å²) in [5.74, 6) is 0.667. The summed E-state index contributed by atoms with van der Waals surface area (Å²) < 4.78 is 27.1. The van der Waals surface area contributed by atoms with Crippen LogP contribution in [0.25, 0.3) is 0 Å². The molecule has 154 valence electrons. The van der Waals surface area contributed by atoms with Gasteiger partial charge in [-0.1, -0.05) is 12.1 Å². The number of amidine groups is 1. The van der Waals surface area contributed by atoms with E-state index in [-0.39, 0.29) is 16.6 Å². The molecule has 0 saturated carbocycles. The normalized spacial score (nSPS) is 16.7. The summed E-state index contributed by atoms with van der Waals surface area (Å²) in [4.78, 5) is 19.5. The maximum absolute atomic E-state index is 12.9. The van der Waals surface area contributed by atoms with Gasteiger partial charge in [-0.05, 0) is 54.8 Å². The van der Waals surface area contributed by atoms with Crippen LogP contribution in [0.4, 0.5) is 11.4 Å². The second-order valence-corrected chi connectivity index (χ2v) is 9.44. The molecule has 9 heteroatoms. The third-order valence-electron chi connectivity index (χ3n) is 4.50. The molecule has 29 heavy (non-hydrogen) atoms. The van der Waals surface area contributed by atoms with Gasteiger partial charge in [-0.3, -0.25) is 14.5 Å². The topological polar surface area (TPSA) is 90.9 Å². The first-order valence-electron chi connectivity index (χ1n) is 9.09. The number of carbonyl (C=O) groups excluding carboxylic acids is 1. The molecule has 2 aromatic rings. The van der Waals surface area contributed by atoms with Gasteiger partial charge in [0.25, 0.3) is 10.0 Å². The Bertz CT molecular complexity index is 1020. The standard InChI is InChI=1S/C20H24N4O3S2/c1-24(2)15-10-8-14(9-11-15)21-20(25)17(12-13-28-3)22-19-16-6-4-5-7-18(16)29(26,27)23-19/h4-11,17H,12-13H2,1-3H3,(H,21,25)(H,22,23)/t17-/m1/s1. The number of fused-ring (bicyclic) bond motifs is 1. The van der Waals surface area contributed by atoms with Gasteiger partial charge in [-0.2, -0.15) is 11.8 Å². The number of sulfonamides is 1. The summed E-state index contributed by atoms with van der Waals surface area (Å²) in [6.07, 6.45) is 2.45. The number of anilines is 2. The Labute approximate surface area is 175 Å². The van der Waals surface area contributed by atoms with Gasteiger partial charge in [0.2, 0.25) is 5.91 Å². The van der Waals surface area contributed by atoms with E-state index in [1.807, 2.05) is 49.5 Å². The Morgan fingerprint density at radius 2 is 1.86 bits per heavy atom. The first-order chi connectivity index (χ1) is 13.8. The van der Waals surface area contributed by atoms with Crippen molar-refractivity contribution in [1.29, 1.82) is 0 Å². The van der Waals surface area contributed by atoms with Crippen molar-refractivity contribution in [3.05, 3.63) is 54.1 Å². The summed E-state index contributed by atoms with van der Waals surface area (Å²) in [6, 6.07) is 13.4. The molecular weight excluding hydrogens is 408 g/mol. The summed E-state index contributed by atoms with van der Waals surface area (Å²) >= 11 is 1.61. The van der Waals surface area contributed by atoms with Crippen LogP contribution < -0.4 is 14.9 Å². The number of nitrogens with zero attached hydrogens (tertiary/aromatic N) is 2. The Morgan fingerprint density at radius 1 is 1.17 bits per heavy atom. The van der Waals surface area contributed by atoms with Gasteiger partial charge < -0.3 is 10.2 Å². The third kappa shape index (κ3) is 4.91. The van der Waals surface area contributed by atoms with Gasteiger partial charge in [-0.15, -0.1) is 0 Å². The zero-order chi connectivity index (χ0) is 21.0. The molecule has 7 nitrogen and oxygen atoms in total. The predicted molar refractivity (Wildman–Crippen MR) is 119 cm³/mol. The van der Waals surface area contributed by atoms with Crippen molar-refractivity contribution >= 4 is 44.9 Å². The van der Waals surface area contributed by atoms with Crippen LogP contribution in [0.5, 0.6) is 0 Å². The Hall–Kier alpha value is -2.52. The molecule has 1 heterocycles. The number of benzene rings is 2. The van der Waals surface area contributed by atoms with Crippen molar-refractivity contribution in [2.75, 3.05) is 36.3 Å². The van der Waals surface area contributed by atoms with Crippen molar-refractivity contribution in [1.82, 2.24) is 4.72 Å². The van der Waals surface area contributed by atoms with Crippen LogP contribution in [0.3, 0.4) is 0 Å². The van der Waals surface area contributed by atoms with E-state index in [1.54, 1.807) is 30.0 Å². The minimum absolute atomic E-state index is 0.182. The molecular formula is C20H24N4O3S2. The highest BCUT2D eigenvalue weighted by Crippen LogP contribution is 2.23. The van der Waals surface area contributed by atoms with Crippen molar-refractivity contribution in [3.63, 3.8) is 0 Å². The summed E-state index contributed by atoms with van der Waals surface area (Å²) in [5, 5.41) is 2.88. The van der Waals surface area contributed by atoms with E-state index in [4.69, 9.17) is 0 Å². The quantitative estimate of drug-likeness (QED) is 0.702. The van der Waals surface area contributed by atoms with E-state index in [0.29, 0.717) is 17.7 Å². The number of nitrogens with one attached hydrogen (secondary N) is 2. The smallest absolute Gasteiger partial charge is 0.263 e. The maximum Gasteiger partial charge on any atom is 0.263 e. The summed E-state index contributed by atoms with van der Waals surface area (Å²) in [6.45, 7) is 0. The number of thioether (sulfide) groups is 1. The Balaban J connectivity index is 1.84. The van der Waals surface area contributed by atoms with Crippen LogP contribution in [0.2, 0.25) is 0 Å². The average Bonchev–Trinajstić information content (AvgIpc) is 2.96. The van der Waals surface area contributed by atoms with Crippen molar-refractivity contribution in [3.8, 4) is 0 Å².